The van der Waals surface area contributed by atoms with E-state index in [-0.39, 0.29) is 23.5 Å². The third kappa shape index (κ3) is 3.71. The molecule has 29 heavy (non-hydrogen) atoms. The number of anilines is 1. The average Bonchev–Trinajstić information content (AvgIpc) is 3.01. The summed E-state index contributed by atoms with van der Waals surface area (Å²) in [5.74, 6) is -0.102. The van der Waals surface area contributed by atoms with Crippen LogP contribution in [0.15, 0.2) is 42.7 Å². The van der Waals surface area contributed by atoms with Crippen LogP contribution in [-0.4, -0.2) is 50.3 Å². The number of rotatable bonds is 4. The van der Waals surface area contributed by atoms with Crippen molar-refractivity contribution in [2.24, 2.45) is 0 Å². The molecule has 0 bridgehead atoms. The van der Waals surface area contributed by atoms with Gasteiger partial charge in [0.05, 0.1) is 31.5 Å². The van der Waals surface area contributed by atoms with Crippen LogP contribution in [-0.2, 0) is 11.3 Å². The monoisotopic (exact) mass is 392 g/mol. The molecule has 1 aliphatic heterocycles. The van der Waals surface area contributed by atoms with E-state index in [0.29, 0.717) is 26.3 Å². The van der Waals surface area contributed by atoms with Crippen LogP contribution in [0.4, 0.5) is 5.82 Å². The summed E-state index contributed by atoms with van der Waals surface area (Å²) in [7, 11) is 0. The van der Waals surface area contributed by atoms with Crippen LogP contribution in [0.25, 0.3) is 0 Å². The van der Waals surface area contributed by atoms with Crippen LogP contribution in [0.5, 0.6) is 0 Å². The number of nitrogen functional groups attached to an aromatic ring is 1. The van der Waals surface area contributed by atoms with E-state index in [9.17, 15) is 4.79 Å². The number of nitrogens with two attached hydrogens (primary N) is 1. The van der Waals surface area contributed by atoms with E-state index in [0.717, 1.165) is 17.0 Å². The lowest BCUT2D eigenvalue weighted by molar-refractivity contribution is -0.00332. The fraction of sp³-hybridized carbons (Fsp3) is 0.333. The van der Waals surface area contributed by atoms with Crippen LogP contribution < -0.4 is 5.73 Å². The number of aromatic nitrogens is 4. The second-order valence-corrected chi connectivity index (χ2v) is 7.11. The number of carbonyl (C=O) groups is 1. The third-order valence-electron chi connectivity index (χ3n) is 5.26. The van der Waals surface area contributed by atoms with Crippen molar-refractivity contribution in [3.05, 3.63) is 70.9 Å². The molecule has 2 aromatic heterocycles. The van der Waals surface area contributed by atoms with Crippen molar-refractivity contribution in [2.75, 3.05) is 25.5 Å². The third-order valence-corrected chi connectivity index (χ3v) is 5.26. The summed E-state index contributed by atoms with van der Waals surface area (Å²) in [6, 6.07) is 9.93. The Morgan fingerprint density at radius 2 is 1.97 bits per heavy atom. The molecule has 1 fully saturated rings. The molecule has 3 heterocycles. The van der Waals surface area contributed by atoms with E-state index in [4.69, 9.17) is 15.6 Å². The van der Waals surface area contributed by atoms with Gasteiger partial charge in [-0.25, -0.2) is 9.97 Å². The minimum absolute atomic E-state index is 0.135. The molecule has 1 aliphatic rings. The Balaban J connectivity index is 1.67. The lowest BCUT2D eigenvalue weighted by Crippen LogP contribution is -2.44. The zero-order chi connectivity index (χ0) is 20.4. The number of hydrogen-bond donors (Lipinski definition) is 1. The van der Waals surface area contributed by atoms with Gasteiger partial charge in [0.2, 0.25) is 0 Å². The Labute approximate surface area is 169 Å². The SMILES string of the molecule is Cc1nn(Cc2ccccc2)c(C)c1[C@H]1COCCN1C(=O)c1nccnc1N. The van der Waals surface area contributed by atoms with Crippen LogP contribution in [0, 0.1) is 13.8 Å². The van der Waals surface area contributed by atoms with Crippen molar-refractivity contribution in [3.8, 4) is 0 Å². The first-order chi connectivity index (χ1) is 14.1. The Bertz CT molecular complexity index is 1020. The van der Waals surface area contributed by atoms with Crippen molar-refractivity contribution in [1.29, 1.82) is 0 Å². The molecule has 8 heteroatoms. The summed E-state index contributed by atoms with van der Waals surface area (Å²) < 4.78 is 7.70. The maximum Gasteiger partial charge on any atom is 0.276 e. The highest BCUT2D eigenvalue weighted by atomic mass is 16.5. The lowest BCUT2D eigenvalue weighted by Gasteiger charge is -2.36. The highest BCUT2D eigenvalue weighted by Crippen LogP contribution is 2.31. The van der Waals surface area contributed by atoms with Gasteiger partial charge >= 0.3 is 0 Å². The minimum Gasteiger partial charge on any atom is -0.382 e. The molecule has 0 aliphatic carbocycles. The molecule has 1 saturated heterocycles. The average molecular weight is 392 g/mol. The zero-order valence-electron chi connectivity index (χ0n) is 16.6. The molecule has 8 nitrogen and oxygen atoms in total. The van der Waals surface area contributed by atoms with E-state index in [1.165, 1.54) is 18.0 Å². The predicted octanol–water partition coefficient (Wildman–Crippen LogP) is 2.13. The van der Waals surface area contributed by atoms with E-state index < -0.39 is 0 Å². The normalized spacial score (nSPS) is 16.8. The van der Waals surface area contributed by atoms with Gasteiger partial charge < -0.3 is 15.4 Å². The second kappa shape index (κ2) is 8.00. The zero-order valence-corrected chi connectivity index (χ0v) is 16.6. The largest absolute Gasteiger partial charge is 0.382 e. The number of carbonyl (C=O) groups excluding carboxylic acids is 1. The van der Waals surface area contributed by atoms with Gasteiger partial charge in [-0.3, -0.25) is 9.48 Å². The standard InChI is InChI=1S/C21H24N6O2/c1-14-18(15(2)27(25-14)12-16-6-4-3-5-7-16)17-13-29-11-10-26(17)21(28)19-20(22)24-9-8-23-19/h3-9,17H,10-13H2,1-2H3,(H2,22,24)/t17-/m1/s1. The van der Waals surface area contributed by atoms with Crippen LogP contribution in [0.3, 0.4) is 0 Å². The van der Waals surface area contributed by atoms with Gasteiger partial charge in [0.15, 0.2) is 11.5 Å². The topological polar surface area (TPSA) is 99.2 Å². The van der Waals surface area contributed by atoms with Gasteiger partial charge in [-0.1, -0.05) is 30.3 Å². The molecule has 0 radical (unpaired) electrons. The molecule has 1 aromatic carbocycles. The fourth-order valence-corrected chi connectivity index (χ4v) is 3.84. The summed E-state index contributed by atoms with van der Waals surface area (Å²) in [5.41, 5.74) is 10.2. The van der Waals surface area contributed by atoms with Gasteiger partial charge in [-0.05, 0) is 19.4 Å². The first-order valence-corrected chi connectivity index (χ1v) is 9.59. The number of benzene rings is 1. The summed E-state index contributed by atoms with van der Waals surface area (Å²) in [5, 5.41) is 4.74. The van der Waals surface area contributed by atoms with E-state index in [1.54, 1.807) is 4.90 Å². The van der Waals surface area contributed by atoms with Crippen LogP contribution in [0.2, 0.25) is 0 Å². The first kappa shape index (κ1) is 19.1. The molecule has 0 saturated carbocycles. The van der Waals surface area contributed by atoms with Crippen molar-refractivity contribution in [1.82, 2.24) is 24.6 Å². The van der Waals surface area contributed by atoms with Gasteiger partial charge in [0.1, 0.15) is 0 Å². The number of ether oxygens (including phenoxy) is 1. The summed E-state index contributed by atoms with van der Waals surface area (Å²) >= 11 is 0. The van der Waals surface area contributed by atoms with E-state index in [2.05, 4.69) is 22.1 Å². The number of aryl methyl sites for hydroxylation is 1. The summed E-state index contributed by atoms with van der Waals surface area (Å²) in [6.45, 7) is 6.02. The molecule has 1 amide bonds. The molecular formula is C21H24N6O2. The van der Waals surface area contributed by atoms with Gasteiger partial charge in [-0.2, -0.15) is 5.10 Å². The van der Waals surface area contributed by atoms with E-state index in [1.807, 2.05) is 36.7 Å². The van der Waals surface area contributed by atoms with Gasteiger partial charge in [0.25, 0.3) is 5.91 Å². The Hall–Kier alpha value is -3.26. The number of amides is 1. The second-order valence-electron chi connectivity index (χ2n) is 7.11. The molecule has 1 atom stereocenters. The van der Waals surface area contributed by atoms with Crippen molar-refractivity contribution >= 4 is 11.7 Å². The number of hydrogen-bond acceptors (Lipinski definition) is 6. The summed E-state index contributed by atoms with van der Waals surface area (Å²) in [6.07, 6.45) is 2.96. The highest BCUT2D eigenvalue weighted by Gasteiger charge is 2.34. The molecule has 3 aromatic rings. The van der Waals surface area contributed by atoms with Crippen molar-refractivity contribution < 1.29 is 9.53 Å². The van der Waals surface area contributed by atoms with E-state index >= 15 is 0 Å². The molecular weight excluding hydrogens is 368 g/mol. The summed E-state index contributed by atoms with van der Waals surface area (Å²) in [4.78, 5) is 23.1. The number of morpholine rings is 1. The van der Waals surface area contributed by atoms with Crippen molar-refractivity contribution in [3.63, 3.8) is 0 Å². The lowest BCUT2D eigenvalue weighted by atomic mass is 10.0. The Morgan fingerprint density at radius 3 is 2.72 bits per heavy atom. The fourth-order valence-electron chi connectivity index (χ4n) is 3.84. The molecule has 0 unspecified atom stereocenters. The van der Waals surface area contributed by atoms with Gasteiger partial charge in [-0.15, -0.1) is 0 Å². The number of nitrogens with zero attached hydrogens (tertiary/aromatic N) is 5. The smallest absolute Gasteiger partial charge is 0.276 e. The first-order valence-electron chi connectivity index (χ1n) is 9.59. The predicted molar refractivity (Wildman–Crippen MR) is 108 cm³/mol. The molecule has 0 spiro atoms. The Kier molecular flexibility index (Phi) is 5.26. The Morgan fingerprint density at radius 1 is 1.21 bits per heavy atom. The maximum absolute atomic E-state index is 13.2. The molecule has 150 valence electrons. The highest BCUT2D eigenvalue weighted by molar-refractivity contribution is 5.96. The van der Waals surface area contributed by atoms with Crippen LogP contribution >= 0.6 is 0 Å². The van der Waals surface area contributed by atoms with Crippen LogP contribution in [0.1, 0.15) is 39.0 Å². The maximum atomic E-state index is 13.2. The van der Waals surface area contributed by atoms with Gasteiger partial charge in [0, 0.05) is 30.2 Å². The molecule has 2 N–H and O–H groups in total. The van der Waals surface area contributed by atoms with Crippen molar-refractivity contribution in [2.45, 2.75) is 26.4 Å². The minimum atomic E-state index is -0.248. The quantitative estimate of drug-likeness (QED) is 0.730. The molecule has 4 rings (SSSR count).